The van der Waals surface area contributed by atoms with Gasteiger partial charge in [0.1, 0.15) is 17.9 Å². The number of aromatic nitrogens is 4. The SMILES string of the molecule is Cc1nn(C(C)C(=O)Nc2cc(C)n(Cc3ccccc3Cl)n2)cc1[N+](=O)[O-]. The molecule has 1 unspecified atom stereocenters. The van der Waals surface area contributed by atoms with Crippen molar-refractivity contribution in [3.63, 3.8) is 0 Å². The Bertz CT molecular complexity index is 1040. The molecule has 2 aromatic heterocycles. The van der Waals surface area contributed by atoms with Crippen molar-refractivity contribution in [3.8, 4) is 0 Å². The van der Waals surface area contributed by atoms with Crippen LogP contribution in [0.25, 0.3) is 0 Å². The third-order valence-corrected chi connectivity index (χ3v) is 4.74. The number of aryl methyl sites for hydroxylation is 2. The average molecular weight is 403 g/mol. The smallest absolute Gasteiger partial charge is 0.307 e. The number of hydrogen-bond acceptors (Lipinski definition) is 5. The Morgan fingerprint density at radius 2 is 2.04 bits per heavy atom. The molecule has 3 aromatic rings. The lowest BCUT2D eigenvalue weighted by Gasteiger charge is -2.10. The van der Waals surface area contributed by atoms with Gasteiger partial charge in [-0.2, -0.15) is 10.2 Å². The summed E-state index contributed by atoms with van der Waals surface area (Å²) >= 11 is 6.20. The Kier molecular flexibility index (Phi) is 5.46. The van der Waals surface area contributed by atoms with Crippen LogP contribution in [0.1, 0.15) is 29.9 Å². The number of rotatable bonds is 6. The van der Waals surface area contributed by atoms with Crippen LogP contribution in [0.2, 0.25) is 5.02 Å². The Morgan fingerprint density at radius 3 is 2.68 bits per heavy atom. The number of benzene rings is 1. The zero-order valence-electron chi connectivity index (χ0n) is 15.6. The predicted molar refractivity (Wildman–Crippen MR) is 104 cm³/mol. The Balaban J connectivity index is 1.73. The monoisotopic (exact) mass is 402 g/mol. The molecule has 1 aromatic carbocycles. The number of halogens is 1. The Morgan fingerprint density at radius 1 is 1.32 bits per heavy atom. The second-order valence-corrected chi connectivity index (χ2v) is 6.83. The molecule has 0 aliphatic rings. The molecule has 1 amide bonds. The molecule has 146 valence electrons. The number of anilines is 1. The van der Waals surface area contributed by atoms with E-state index in [-0.39, 0.29) is 17.3 Å². The van der Waals surface area contributed by atoms with Crippen LogP contribution in [-0.2, 0) is 11.3 Å². The van der Waals surface area contributed by atoms with E-state index < -0.39 is 11.0 Å². The van der Waals surface area contributed by atoms with E-state index in [0.29, 0.717) is 17.4 Å². The summed E-state index contributed by atoms with van der Waals surface area (Å²) in [6.45, 7) is 5.49. The summed E-state index contributed by atoms with van der Waals surface area (Å²) in [7, 11) is 0. The van der Waals surface area contributed by atoms with Crippen molar-refractivity contribution in [2.24, 2.45) is 0 Å². The fourth-order valence-electron chi connectivity index (χ4n) is 2.72. The topological polar surface area (TPSA) is 108 Å². The molecule has 0 fully saturated rings. The molecule has 0 bridgehead atoms. The van der Waals surface area contributed by atoms with Gasteiger partial charge in [-0.1, -0.05) is 29.8 Å². The minimum absolute atomic E-state index is 0.125. The van der Waals surface area contributed by atoms with Crippen LogP contribution in [-0.4, -0.2) is 30.4 Å². The van der Waals surface area contributed by atoms with Crippen LogP contribution in [0.5, 0.6) is 0 Å². The summed E-state index contributed by atoms with van der Waals surface area (Å²) in [5.74, 6) is 0.0135. The number of nitrogens with zero attached hydrogens (tertiary/aromatic N) is 5. The molecule has 0 spiro atoms. The van der Waals surface area contributed by atoms with Crippen molar-refractivity contribution in [1.82, 2.24) is 19.6 Å². The van der Waals surface area contributed by atoms with Gasteiger partial charge in [0, 0.05) is 16.8 Å². The van der Waals surface area contributed by atoms with E-state index in [1.54, 1.807) is 17.7 Å². The van der Waals surface area contributed by atoms with Crippen LogP contribution in [0.15, 0.2) is 36.5 Å². The third-order valence-electron chi connectivity index (χ3n) is 4.37. The van der Waals surface area contributed by atoms with Gasteiger partial charge >= 0.3 is 5.69 Å². The molecule has 1 N–H and O–H groups in total. The number of amides is 1. The second kappa shape index (κ2) is 7.81. The van der Waals surface area contributed by atoms with Gasteiger partial charge in [-0.15, -0.1) is 0 Å². The zero-order chi connectivity index (χ0) is 20.4. The number of carbonyl (C=O) groups is 1. The van der Waals surface area contributed by atoms with Gasteiger partial charge in [0.25, 0.3) is 0 Å². The summed E-state index contributed by atoms with van der Waals surface area (Å²) < 4.78 is 3.01. The van der Waals surface area contributed by atoms with Gasteiger partial charge < -0.3 is 5.32 Å². The van der Waals surface area contributed by atoms with Crippen LogP contribution in [0, 0.1) is 24.0 Å². The van der Waals surface area contributed by atoms with Crippen molar-refractivity contribution in [2.45, 2.75) is 33.4 Å². The average Bonchev–Trinajstić information content (AvgIpc) is 3.19. The number of nitro groups is 1. The van der Waals surface area contributed by atoms with E-state index in [2.05, 4.69) is 15.5 Å². The summed E-state index contributed by atoms with van der Waals surface area (Å²) in [4.78, 5) is 23.0. The first-order valence-electron chi connectivity index (χ1n) is 8.55. The van der Waals surface area contributed by atoms with Gasteiger partial charge in [-0.05, 0) is 32.4 Å². The Labute approximate surface area is 166 Å². The highest BCUT2D eigenvalue weighted by molar-refractivity contribution is 6.31. The molecule has 3 rings (SSSR count). The normalized spacial score (nSPS) is 12.0. The maximum Gasteiger partial charge on any atom is 0.309 e. The van der Waals surface area contributed by atoms with Crippen molar-refractivity contribution < 1.29 is 9.72 Å². The number of hydrogen-bond donors (Lipinski definition) is 1. The van der Waals surface area contributed by atoms with Crippen molar-refractivity contribution in [2.75, 3.05) is 5.32 Å². The van der Waals surface area contributed by atoms with Crippen LogP contribution in [0.4, 0.5) is 11.5 Å². The first-order chi connectivity index (χ1) is 13.3. The maximum atomic E-state index is 12.5. The molecule has 2 heterocycles. The molecule has 10 heteroatoms. The summed E-state index contributed by atoms with van der Waals surface area (Å²) in [6.07, 6.45) is 1.25. The molecule has 0 aliphatic heterocycles. The summed E-state index contributed by atoms with van der Waals surface area (Å²) in [6, 6.07) is 8.49. The highest BCUT2D eigenvalue weighted by atomic mass is 35.5. The van der Waals surface area contributed by atoms with Crippen molar-refractivity contribution >= 4 is 29.0 Å². The first kappa shape index (κ1) is 19.6. The quantitative estimate of drug-likeness (QED) is 0.501. The van der Waals surface area contributed by atoms with E-state index in [9.17, 15) is 14.9 Å². The van der Waals surface area contributed by atoms with E-state index in [4.69, 9.17) is 11.6 Å². The van der Waals surface area contributed by atoms with E-state index >= 15 is 0 Å². The molecule has 0 saturated carbocycles. The van der Waals surface area contributed by atoms with Gasteiger partial charge in [0.2, 0.25) is 5.91 Å². The number of carbonyl (C=O) groups excluding carboxylic acids is 1. The summed E-state index contributed by atoms with van der Waals surface area (Å²) in [5, 5.41) is 22.8. The fourth-order valence-corrected chi connectivity index (χ4v) is 2.92. The molecular weight excluding hydrogens is 384 g/mol. The fraction of sp³-hybridized carbons (Fsp3) is 0.278. The standard InChI is InChI=1S/C18H19ClN6O3/c1-11-8-17(22-23(11)9-14-6-4-5-7-15(14)19)20-18(26)13(3)24-10-16(25(27)28)12(2)21-24/h4-8,10,13H,9H2,1-3H3,(H,20,22,26). The zero-order valence-corrected chi connectivity index (χ0v) is 16.3. The van der Waals surface area contributed by atoms with Crippen molar-refractivity contribution in [3.05, 3.63) is 68.6 Å². The molecule has 0 saturated heterocycles. The molecule has 9 nitrogen and oxygen atoms in total. The highest BCUT2D eigenvalue weighted by Crippen LogP contribution is 2.21. The molecule has 0 aliphatic carbocycles. The van der Waals surface area contributed by atoms with Gasteiger partial charge in [0.15, 0.2) is 5.82 Å². The molecule has 0 radical (unpaired) electrons. The highest BCUT2D eigenvalue weighted by Gasteiger charge is 2.23. The molecule has 1 atom stereocenters. The lowest BCUT2D eigenvalue weighted by Crippen LogP contribution is -2.24. The first-order valence-corrected chi connectivity index (χ1v) is 8.93. The van der Waals surface area contributed by atoms with Crippen LogP contribution >= 0.6 is 11.6 Å². The van der Waals surface area contributed by atoms with E-state index in [1.807, 2.05) is 31.2 Å². The minimum atomic E-state index is -0.735. The van der Waals surface area contributed by atoms with Crippen LogP contribution < -0.4 is 5.32 Å². The van der Waals surface area contributed by atoms with Gasteiger partial charge in [-0.25, -0.2) is 0 Å². The minimum Gasteiger partial charge on any atom is -0.307 e. The van der Waals surface area contributed by atoms with Gasteiger partial charge in [0.05, 0.1) is 11.5 Å². The maximum absolute atomic E-state index is 12.5. The molecular formula is C18H19ClN6O3. The van der Waals surface area contributed by atoms with Crippen LogP contribution in [0.3, 0.4) is 0 Å². The predicted octanol–water partition coefficient (Wildman–Crippen LogP) is 3.51. The van der Waals surface area contributed by atoms with E-state index in [1.165, 1.54) is 17.8 Å². The lowest BCUT2D eigenvalue weighted by molar-refractivity contribution is -0.385. The summed E-state index contributed by atoms with van der Waals surface area (Å²) in [5.41, 5.74) is 1.90. The van der Waals surface area contributed by atoms with Gasteiger partial charge in [-0.3, -0.25) is 24.3 Å². The Hall–Kier alpha value is -3.20. The second-order valence-electron chi connectivity index (χ2n) is 6.42. The van der Waals surface area contributed by atoms with Crippen molar-refractivity contribution in [1.29, 1.82) is 0 Å². The third kappa shape index (κ3) is 4.04. The largest absolute Gasteiger partial charge is 0.309 e. The number of nitrogens with one attached hydrogen (secondary N) is 1. The lowest BCUT2D eigenvalue weighted by atomic mass is 10.2. The molecule has 28 heavy (non-hydrogen) atoms. The van der Waals surface area contributed by atoms with E-state index in [0.717, 1.165) is 11.3 Å².